The first-order valence-electron chi connectivity index (χ1n) is 11.3. The van der Waals surface area contributed by atoms with E-state index >= 15 is 0 Å². The Balaban J connectivity index is 1.57. The van der Waals surface area contributed by atoms with Gasteiger partial charge in [0.2, 0.25) is 11.8 Å². The Kier molecular flexibility index (Phi) is 6.95. The van der Waals surface area contributed by atoms with Gasteiger partial charge >= 0.3 is 0 Å². The van der Waals surface area contributed by atoms with Gasteiger partial charge in [-0.25, -0.2) is 0 Å². The second-order valence-electron chi connectivity index (χ2n) is 8.11. The second kappa shape index (κ2) is 10.2. The highest BCUT2D eigenvalue weighted by atomic mass is 16.2. The first kappa shape index (κ1) is 21.8. The molecule has 0 spiro atoms. The van der Waals surface area contributed by atoms with Gasteiger partial charge in [-0.2, -0.15) is 0 Å². The van der Waals surface area contributed by atoms with Gasteiger partial charge in [0.15, 0.2) is 0 Å². The summed E-state index contributed by atoms with van der Waals surface area (Å²) < 4.78 is 0. The summed E-state index contributed by atoms with van der Waals surface area (Å²) in [7, 11) is 0. The van der Waals surface area contributed by atoms with Gasteiger partial charge in [0, 0.05) is 50.4 Å². The number of likely N-dealkylation sites (N-methyl/N-ethyl adjacent to an activating group) is 1. The van der Waals surface area contributed by atoms with Crippen molar-refractivity contribution in [2.45, 2.75) is 32.2 Å². The number of piperazine rings is 1. The lowest BCUT2D eigenvalue weighted by atomic mass is 9.93. The van der Waals surface area contributed by atoms with Crippen LogP contribution in [0, 0.1) is 0 Å². The van der Waals surface area contributed by atoms with Crippen molar-refractivity contribution in [3.05, 3.63) is 90.3 Å². The quantitative estimate of drug-likeness (QED) is 0.573. The van der Waals surface area contributed by atoms with Crippen molar-refractivity contribution >= 4 is 11.8 Å². The van der Waals surface area contributed by atoms with E-state index < -0.39 is 6.04 Å². The highest BCUT2D eigenvalue weighted by Gasteiger charge is 2.36. The molecule has 0 unspecified atom stereocenters. The number of benzene rings is 2. The minimum absolute atomic E-state index is 0.0350. The first-order valence-corrected chi connectivity index (χ1v) is 11.3. The van der Waals surface area contributed by atoms with Crippen LogP contribution >= 0.6 is 0 Å². The van der Waals surface area contributed by atoms with Gasteiger partial charge in [0.05, 0.1) is 0 Å². The molecule has 5 heteroatoms. The van der Waals surface area contributed by atoms with Crippen LogP contribution in [0.5, 0.6) is 0 Å². The number of aromatic nitrogens is 1. The molecule has 2 amide bonds. The van der Waals surface area contributed by atoms with E-state index in [0.29, 0.717) is 38.9 Å². The predicted octanol–water partition coefficient (Wildman–Crippen LogP) is 3.98. The number of pyridine rings is 1. The molecule has 3 aromatic rings. The summed E-state index contributed by atoms with van der Waals surface area (Å²) in [6.07, 6.45) is 5.17. The molecule has 1 atom stereocenters. The molecule has 1 aliphatic heterocycles. The zero-order valence-electron chi connectivity index (χ0n) is 18.5. The third kappa shape index (κ3) is 4.88. The van der Waals surface area contributed by atoms with Crippen molar-refractivity contribution in [3.63, 3.8) is 0 Å². The van der Waals surface area contributed by atoms with Crippen LogP contribution < -0.4 is 0 Å². The van der Waals surface area contributed by atoms with Crippen LogP contribution in [0.25, 0.3) is 11.1 Å². The van der Waals surface area contributed by atoms with Gasteiger partial charge < -0.3 is 9.80 Å². The molecule has 0 saturated carbocycles. The van der Waals surface area contributed by atoms with Crippen molar-refractivity contribution in [2.75, 3.05) is 19.6 Å². The van der Waals surface area contributed by atoms with Gasteiger partial charge in [-0.05, 0) is 36.1 Å². The van der Waals surface area contributed by atoms with Crippen LogP contribution in [0.1, 0.15) is 24.5 Å². The molecule has 5 nitrogen and oxygen atoms in total. The van der Waals surface area contributed by atoms with Crippen LogP contribution in [0.3, 0.4) is 0 Å². The van der Waals surface area contributed by atoms with E-state index in [1.165, 1.54) is 0 Å². The molecule has 4 rings (SSSR count). The van der Waals surface area contributed by atoms with E-state index in [-0.39, 0.29) is 11.8 Å². The molecule has 1 saturated heterocycles. The standard InChI is InChI=1S/C27H29N3O2/c1-2-29-17-18-30(26(31)15-14-21-9-4-3-5-10-21)25(27(29)32)19-22-11-6-7-13-24(22)23-12-8-16-28-20-23/h3-13,16,20,25H,2,14-15,17-19H2,1H3/t25-/m1/s1. The van der Waals surface area contributed by atoms with E-state index in [9.17, 15) is 9.59 Å². The maximum atomic E-state index is 13.3. The number of aryl methyl sites for hydroxylation is 1. The molecular weight excluding hydrogens is 398 g/mol. The molecule has 1 aliphatic rings. The maximum absolute atomic E-state index is 13.3. The molecule has 2 aromatic carbocycles. The predicted molar refractivity (Wildman–Crippen MR) is 126 cm³/mol. The maximum Gasteiger partial charge on any atom is 0.245 e. The Morgan fingerprint density at radius 3 is 2.53 bits per heavy atom. The molecule has 0 N–H and O–H groups in total. The normalized spacial score (nSPS) is 16.3. The molecule has 0 bridgehead atoms. The molecule has 1 aromatic heterocycles. The molecule has 1 fully saturated rings. The molecule has 2 heterocycles. The van der Waals surface area contributed by atoms with Gasteiger partial charge in [-0.15, -0.1) is 0 Å². The lowest BCUT2D eigenvalue weighted by Gasteiger charge is -2.40. The first-order chi connectivity index (χ1) is 15.7. The van der Waals surface area contributed by atoms with Crippen molar-refractivity contribution in [1.29, 1.82) is 0 Å². The SMILES string of the molecule is CCN1CCN(C(=O)CCc2ccccc2)[C@H](Cc2ccccc2-c2cccnc2)C1=O. The minimum atomic E-state index is -0.482. The molecule has 32 heavy (non-hydrogen) atoms. The van der Waals surface area contributed by atoms with Gasteiger partial charge in [0.25, 0.3) is 0 Å². The number of carbonyl (C=O) groups is 2. The van der Waals surface area contributed by atoms with Crippen molar-refractivity contribution in [2.24, 2.45) is 0 Å². The third-order valence-corrected chi connectivity index (χ3v) is 6.16. The summed E-state index contributed by atoms with van der Waals surface area (Å²) in [6.45, 7) is 3.82. The number of amides is 2. The average molecular weight is 428 g/mol. The highest BCUT2D eigenvalue weighted by molar-refractivity contribution is 5.89. The van der Waals surface area contributed by atoms with Crippen molar-refractivity contribution < 1.29 is 9.59 Å². The Morgan fingerprint density at radius 1 is 1.00 bits per heavy atom. The summed E-state index contributed by atoms with van der Waals surface area (Å²) in [4.78, 5) is 34.4. The molecule has 164 valence electrons. The topological polar surface area (TPSA) is 53.5 Å². The van der Waals surface area contributed by atoms with Crippen molar-refractivity contribution in [3.8, 4) is 11.1 Å². The fourth-order valence-electron chi connectivity index (χ4n) is 4.40. The summed E-state index contributed by atoms with van der Waals surface area (Å²) in [5.41, 5.74) is 4.26. The Hall–Kier alpha value is -3.47. The van der Waals surface area contributed by atoms with Gasteiger partial charge in [-0.3, -0.25) is 14.6 Å². The van der Waals surface area contributed by atoms with E-state index in [0.717, 1.165) is 22.3 Å². The number of hydrogen-bond donors (Lipinski definition) is 0. The fourth-order valence-corrected chi connectivity index (χ4v) is 4.40. The highest BCUT2D eigenvalue weighted by Crippen LogP contribution is 2.26. The molecular formula is C27H29N3O2. The smallest absolute Gasteiger partial charge is 0.245 e. The third-order valence-electron chi connectivity index (χ3n) is 6.16. The van der Waals surface area contributed by atoms with E-state index in [2.05, 4.69) is 11.1 Å². The Morgan fingerprint density at radius 2 is 1.78 bits per heavy atom. The second-order valence-corrected chi connectivity index (χ2v) is 8.11. The van der Waals surface area contributed by atoms with E-state index in [4.69, 9.17) is 0 Å². The summed E-state index contributed by atoms with van der Waals surface area (Å²) >= 11 is 0. The zero-order valence-corrected chi connectivity index (χ0v) is 18.5. The van der Waals surface area contributed by atoms with Crippen LogP contribution in [-0.2, 0) is 22.4 Å². The number of rotatable bonds is 7. The van der Waals surface area contributed by atoms with Gasteiger partial charge in [-0.1, -0.05) is 60.7 Å². The number of hydrogen-bond acceptors (Lipinski definition) is 3. The van der Waals surface area contributed by atoms with Crippen LogP contribution in [0.4, 0.5) is 0 Å². The monoisotopic (exact) mass is 427 g/mol. The van der Waals surface area contributed by atoms with E-state index in [1.54, 1.807) is 11.1 Å². The average Bonchev–Trinajstić information content (AvgIpc) is 2.85. The number of carbonyl (C=O) groups excluding carboxylic acids is 2. The summed E-state index contributed by atoms with van der Waals surface area (Å²) in [5, 5.41) is 0. The van der Waals surface area contributed by atoms with Crippen LogP contribution in [-0.4, -0.2) is 52.3 Å². The summed E-state index contributed by atoms with van der Waals surface area (Å²) in [5.74, 6) is 0.0783. The Labute approximate surface area is 189 Å². The minimum Gasteiger partial charge on any atom is -0.339 e. The number of nitrogens with zero attached hydrogens (tertiary/aromatic N) is 3. The van der Waals surface area contributed by atoms with Crippen LogP contribution in [0.15, 0.2) is 79.1 Å². The molecule has 0 aliphatic carbocycles. The van der Waals surface area contributed by atoms with Crippen LogP contribution in [0.2, 0.25) is 0 Å². The lowest BCUT2D eigenvalue weighted by Crippen LogP contribution is -2.59. The van der Waals surface area contributed by atoms with E-state index in [1.807, 2.05) is 78.7 Å². The zero-order chi connectivity index (χ0) is 22.3. The largest absolute Gasteiger partial charge is 0.339 e. The summed E-state index contributed by atoms with van der Waals surface area (Å²) in [6, 6.07) is 21.6. The Bertz CT molecular complexity index is 1050. The fraction of sp³-hybridized carbons (Fsp3) is 0.296. The molecule has 0 radical (unpaired) electrons. The van der Waals surface area contributed by atoms with Crippen molar-refractivity contribution in [1.82, 2.24) is 14.8 Å². The van der Waals surface area contributed by atoms with Gasteiger partial charge in [0.1, 0.15) is 6.04 Å². The lowest BCUT2D eigenvalue weighted by molar-refractivity contribution is -0.151.